The third kappa shape index (κ3) is 4.46. The summed E-state index contributed by atoms with van der Waals surface area (Å²) >= 11 is 11.8. The van der Waals surface area contributed by atoms with Crippen LogP contribution >= 0.6 is 23.8 Å². The molecule has 2 heterocycles. The van der Waals surface area contributed by atoms with Gasteiger partial charge in [-0.1, -0.05) is 23.7 Å². The van der Waals surface area contributed by atoms with Gasteiger partial charge in [-0.25, -0.2) is 4.39 Å². The van der Waals surface area contributed by atoms with Gasteiger partial charge in [-0.05, 0) is 68.5 Å². The molecule has 0 radical (unpaired) electrons. The van der Waals surface area contributed by atoms with E-state index in [1.165, 1.54) is 35.4 Å². The van der Waals surface area contributed by atoms with Crippen LogP contribution in [0, 0.1) is 17.1 Å². The third-order valence-corrected chi connectivity index (χ3v) is 6.31. The van der Waals surface area contributed by atoms with E-state index in [4.69, 9.17) is 29.1 Å². The van der Waals surface area contributed by atoms with Crippen molar-refractivity contribution in [3.63, 3.8) is 0 Å². The van der Waals surface area contributed by atoms with Crippen molar-refractivity contribution in [2.45, 2.75) is 25.9 Å². The summed E-state index contributed by atoms with van der Waals surface area (Å²) in [4.78, 5) is 32.4. The maximum atomic E-state index is 15.0. The van der Waals surface area contributed by atoms with Crippen molar-refractivity contribution in [1.82, 2.24) is 10.3 Å². The molecule has 3 aromatic rings. The van der Waals surface area contributed by atoms with Gasteiger partial charge in [0.05, 0.1) is 16.3 Å². The number of nitrogens with one attached hydrogen (secondary N) is 1. The van der Waals surface area contributed by atoms with Crippen LogP contribution in [-0.4, -0.2) is 27.4 Å². The summed E-state index contributed by atoms with van der Waals surface area (Å²) in [6.45, 7) is 3.34. The van der Waals surface area contributed by atoms with E-state index in [1.807, 2.05) is 6.07 Å². The second-order valence-electron chi connectivity index (χ2n) is 8.27. The number of carbonyl (C=O) groups is 2. The van der Waals surface area contributed by atoms with Crippen LogP contribution in [0.2, 0.25) is 5.02 Å². The van der Waals surface area contributed by atoms with Crippen LogP contribution in [0.25, 0.3) is 0 Å². The Kier molecular flexibility index (Phi) is 6.52. The summed E-state index contributed by atoms with van der Waals surface area (Å²) in [5, 5.41) is 12.1. The fraction of sp³-hybridized carbons (Fsp3) is 0.160. The highest BCUT2D eigenvalue weighted by atomic mass is 35.5. The number of nitrogens with zero attached hydrogens (tertiary/aromatic N) is 4. The molecule has 10 heteroatoms. The molecule has 2 amide bonds. The van der Waals surface area contributed by atoms with Gasteiger partial charge in [-0.15, -0.1) is 0 Å². The molecule has 0 aliphatic carbocycles. The van der Waals surface area contributed by atoms with Gasteiger partial charge >= 0.3 is 0 Å². The molecular formula is C25H19ClFN5O2S. The minimum Gasteiger partial charge on any atom is -0.347 e. The highest BCUT2D eigenvalue weighted by Gasteiger charge is 2.50. The number of hydrogen-bond acceptors (Lipinski definition) is 5. The van der Waals surface area contributed by atoms with E-state index in [0.29, 0.717) is 11.4 Å². The molecule has 1 aliphatic rings. The number of benzene rings is 2. The maximum Gasteiger partial charge on any atom is 0.270 e. The fourth-order valence-electron chi connectivity index (χ4n) is 3.77. The number of nitriles is 1. The molecule has 0 unspecified atom stereocenters. The molecular weight excluding hydrogens is 489 g/mol. The zero-order valence-electron chi connectivity index (χ0n) is 18.8. The third-order valence-electron chi connectivity index (χ3n) is 5.63. The average molecular weight is 508 g/mol. The molecule has 1 N–H and O–H groups in total. The van der Waals surface area contributed by atoms with Crippen LogP contribution in [0.4, 0.5) is 15.8 Å². The number of anilines is 2. The summed E-state index contributed by atoms with van der Waals surface area (Å²) in [7, 11) is 0. The summed E-state index contributed by atoms with van der Waals surface area (Å²) in [6.07, 6.45) is 1.50. The SMILES string of the molecule is CC1(C)C(=O)N(c2ccc(C#N)c(Cl)c2)C(=S)N1c1ccc(CNC(=O)c2ccccn2)c(F)c1. The number of carbonyl (C=O) groups excluding carboxylic acids is 2. The van der Waals surface area contributed by atoms with Crippen molar-refractivity contribution < 1.29 is 14.0 Å². The topological polar surface area (TPSA) is 89.3 Å². The van der Waals surface area contributed by atoms with Crippen molar-refractivity contribution in [2.24, 2.45) is 0 Å². The van der Waals surface area contributed by atoms with Gasteiger partial charge in [-0.2, -0.15) is 5.26 Å². The second kappa shape index (κ2) is 9.41. The van der Waals surface area contributed by atoms with Crippen molar-refractivity contribution in [3.05, 3.63) is 88.5 Å². The van der Waals surface area contributed by atoms with E-state index in [1.54, 1.807) is 49.1 Å². The van der Waals surface area contributed by atoms with Crippen LogP contribution in [0.15, 0.2) is 60.8 Å². The number of rotatable bonds is 5. The van der Waals surface area contributed by atoms with Crippen LogP contribution in [0.3, 0.4) is 0 Å². The number of thiocarbonyl (C=S) groups is 1. The minimum absolute atomic E-state index is 0.0375. The Balaban J connectivity index is 1.58. The van der Waals surface area contributed by atoms with Gasteiger partial charge in [0, 0.05) is 24.0 Å². The lowest BCUT2D eigenvalue weighted by molar-refractivity contribution is -0.120. The highest BCUT2D eigenvalue weighted by Crippen LogP contribution is 2.37. The van der Waals surface area contributed by atoms with E-state index in [0.717, 1.165) is 0 Å². The van der Waals surface area contributed by atoms with Crippen LogP contribution < -0.4 is 15.1 Å². The number of amides is 2. The molecule has 1 saturated heterocycles. The smallest absolute Gasteiger partial charge is 0.270 e. The largest absolute Gasteiger partial charge is 0.347 e. The summed E-state index contributed by atoms with van der Waals surface area (Å²) in [5.74, 6) is -1.30. The van der Waals surface area contributed by atoms with E-state index >= 15 is 4.39 Å². The predicted molar refractivity (Wildman–Crippen MR) is 135 cm³/mol. The van der Waals surface area contributed by atoms with Crippen LogP contribution in [0.5, 0.6) is 0 Å². The Hall–Kier alpha value is -3.87. The molecule has 0 saturated carbocycles. The van der Waals surface area contributed by atoms with Crippen molar-refractivity contribution in [3.8, 4) is 6.07 Å². The van der Waals surface area contributed by atoms with Gasteiger partial charge in [0.1, 0.15) is 23.1 Å². The lowest BCUT2D eigenvalue weighted by Crippen LogP contribution is -2.44. The summed E-state index contributed by atoms with van der Waals surface area (Å²) in [6, 6.07) is 16.0. The van der Waals surface area contributed by atoms with E-state index in [2.05, 4.69) is 10.3 Å². The minimum atomic E-state index is -1.11. The molecule has 35 heavy (non-hydrogen) atoms. The van der Waals surface area contributed by atoms with Crippen LogP contribution in [-0.2, 0) is 11.3 Å². The van der Waals surface area contributed by atoms with Crippen molar-refractivity contribution in [1.29, 1.82) is 5.26 Å². The predicted octanol–water partition coefficient (Wildman–Crippen LogP) is 4.59. The lowest BCUT2D eigenvalue weighted by atomic mass is 10.0. The molecule has 2 aromatic carbocycles. The summed E-state index contributed by atoms with van der Waals surface area (Å²) in [5.41, 5.74) is 0.454. The molecule has 7 nitrogen and oxygen atoms in total. The first kappa shape index (κ1) is 24.3. The molecule has 1 fully saturated rings. The Morgan fingerprint density at radius 1 is 1.20 bits per heavy atom. The highest BCUT2D eigenvalue weighted by molar-refractivity contribution is 7.81. The Bertz CT molecular complexity index is 1390. The van der Waals surface area contributed by atoms with Gasteiger partial charge < -0.3 is 10.2 Å². The molecule has 4 rings (SSSR count). The second-order valence-corrected chi connectivity index (χ2v) is 9.04. The normalized spacial score (nSPS) is 14.7. The molecule has 176 valence electrons. The standard InChI is InChI=1S/C25H19ClFN5O2S/c1-25(2)23(34)31(17-8-6-15(13-28)19(26)11-17)24(35)32(25)18-9-7-16(20(27)12-18)14-30-22(33)21-5-3-4-10-29-21/h3-12H,14H2,1-2H3,(H,30,33). The van der Waals surface area contributed by atoms with E-state index in [-0.39, 0.29) is 39.4 Å². The molecule has 0 spiro atoms. The number of pyridine rings is 1. The number of hydrogen-bond donors (Lipinski definition) is 1. The maximum absolute atomic E-state index is 15.0. The van der Waals surface area contributed by atoms with Crippen molar-refractivity contribution in [2.75, 3.05) is 9.80 Å². The lowest BCUT2D eigenvalue weighted by Gasteiger charge is -2.29. The molecule has 1 aliphatic heterocycles. The molecule has 0 bridgehead atoms. The van der Waals surface area contributed by atoms with Gasteiger partial charge in [0.15, 0.2) is 5.11 Å². The van der Waals surface area contributed by atoms with Gasteiger partial charge in [0.25, 0.3) is 11.8 Å². The molecule has 0 atom stereocenters. The number of halogens is 2. The Morgan fingerprint density at radius 2 is 1.94 bits per heavy atom. The van der Waals surface area contributed by atoms with E-state index < -0.39 is 17.3 Å². The van der Waals surface area contributed by atoms with Crippen LogP contribution in [0.1, 0.15) is 35.5 Å². The van der Waals surface area contributed by atoms with E-state index in [9.17, 15) is 9.59 Å². The number of aromatic nitrogens is 1. The quantitative estimate of drug-likeness (QED) is 0.508. The van der Waals surface area contributed by atoms with Gasteiger partial charge in [0.2, 0.25) is 0 Å². The Morgan fingerprint density at radius 3 is 2.57 bits per heavy atom. The first-order chi connectivity index (χ1) is 16.6. The average Bonchev–Trinajstić information content (AvgIpc) is 3.01. The zero-order chi connectivity index (χ0) is 25.3. The first-order valence-electron chi connectivity index (χ1n) is 10.5. The Labute approximate surface area is 211 Å². The van der Waals surface area contributed by atoms with Crippen molar-refractivity contribution >= 4 is 52.1 Å². The first-order valence-corrected chi connectivity index (χ1v) is 11.3. The monoisotopic (exact) mass is 507 g/mol. The molecule has 1 aromatic heterocycles. The zero-order valence-corrected chi connectivity index (χ0v) is 20.3. The fourth-order valence-corrected chi connectivity index (χ4v) is 4.51. The summed E-state index contributed by atoms with van der Waals surface area (Å²) < 4.78 is 15.0. The van der Waals surface area contributed by atoms with Gasteiger partial charge in [-0.3, -0.25) is 19.5 Å².